The van der Waals surface area contributed by atoms with Crippen molar-refractivity contribution in [3.05, 3.63) is 0 Å². The van der Waals surface area contributed by atoms with Crippen LogP contribution in [0.15, 0.2) is 0 Å². The number of aliphatic hydroxyl groups excluding tert-OH is 1. The van der Waals surface area contributed by atoms with E-state index in [2.05, 4.69) is 5.48 Å². The summed E-state index contributed by atoms with van der Waals surface area (Å²) in [6.07, 6.45) is -1.07. The van der Waals surface area contributed by atoms with Crippen molar-refractivity contribution in [2.45, 2.75) is 46.3 Å². The van der Waals surface area contributed by atoms with E-state index in [9.17, 15) is 4.79 Å². The number of amides is 1. The van der Waals surface area contributed by atoms with E-state index in [0.29, 0.717) is 0 Å². The van der Waals surface area contributed by atoms with Gasteiger partial charge in [0, 0.05) is 0 Å². The molecule has 0 aliphatic carbocycles. The average molecular weight is 219 g/mol. The first-order valence-electron chi connectivity index (χ1n) is 5.01. The summed E-state index contributed by atoms with van der Waals surface area (Å²) >= 11 is 0. The van der Waals surface area contributed by atoms with Crippen LogP contribution in [0.5, 0.6) is 0 Å². The number of hydrogen-bond acceptors (Lipinski definition) is 4. The molecule has 2 N–H and O–H groups in total. The predicted octanol–water partition coefficient (Wildman–Crippen LogP) is 1.46. The Morgan fingerprint density at radius 2 is 1.93 bits per heavy atom. The van der Waals surface area contributed by atoms with Crippen LogP contribution in [0.1, 0.15) is 34.6 Å². The van der Waals surface area contributed by atoms with Crippen LogP contribution >= 0.6 is 0 Å². The van der Waals surface area contributed by atoms with Gasteiger partial charge in [-0.05, 0) is 26.7 Å². The fourth-order valence-corrected chi connectivity index (χ4v) is 0.807. The predicted molar refractivity (Wildman–Crippen MR) is 56.2 cm³/mol. The number of ether oxygens (including phenoxy) is 1. The summed E-state index contributed by atoms with van der Waals surface area (Å²) in [5.74, 6) is 0.116. The smallest absolute Gasteiger partial charge is 0.431 e. The van der Waals surface area contributed by atoms with Gasteiger partial charge in [0.25, 0.3) is 0 Å². The van der Waals surface area contributed by atoms with E-state index in [1.165, 1.54) is 0 Å². The molecule has 1 atom stereocenters. The summed E-state index contributed by atoms with van der Waals surface area (Å²) in [6.45, 7) is 8.92. The fraction of sp³-hybridized carbons (Fsp3) is 0.900. The number of carbonyl (C=O) groups is 1. The van der Waals surface area contributed by atoms with Gasteiger partial charge in [-0.3, -0.25) is 4.84 Å². The Hall–Kier alpha value is -0.810. The molecule has 0 aromatic carbocycles. The normalized spacial score (nSPS) is 13.8. The molecule has 1 amide bonds. The zero-order valence-electron chi connectivity index (χ0n) is 10.0. The molecular weight excluding hydrogens is 198 g/mol. The summed E-state index contributed by atoms with van der Waals surface area (Å²) in [5, 5.41) is 8.92. The van der Waals surface area contributed by atoms with Crippen molar-refractivity contribution in [1.82, 2.24) is 5.48 Å². The fourth-order valence-electron chi connectivity index (χ4n) is 0.807. The molecule has 5 nitrogen and oxygen atoms in total. The molecule has 0 fully saturated rings. The van der Waals surface area contributed by atoms with E-state index < -0.39 is 17.8 Å². The molecule has 0 rings (SSSR count). The van der Waals surface area contributed by atoms with Crippen LogP contribution in [-0.4, -0.2) is 29.5 Å². The standard InChI is InChI=1S/C10H21NO4/c1-7(2)8(6-12)15-11-9(13)14-10(3,4)5/h7-8,12H,6H2,1-5H3,(H,11,13)/t8-/m0/s1. The SMILES string of the molecule is CC(C)[C@H](CO)ONC(=O)OC(C)(C)C. The van der Waals surface area contributed by atoms with Gasteiger partial charge in [-0.2, -0.15) is 5.48 Å². The lowest BCUT2D eigenvalue weighted by Crippen LogP contribution is -2.38. The third kappa shape index (κ3) is 7.16. The average Bonchev–Trinajstić information content (AvgIpc) is 2.01. The maximum Gasteiger partial charge on any atom is 0.431 e. The van der Waals surface area contributed by atoms with Crippen molar-refractivity contribution in [2.75, 3.05) is 6.61 Å². The highest BCUT2D eigenvalue weighted by molar-refractivity contribution is 5.66. The molecule has 90 valence electrons. The van der Waals surface area contributed by atoms with Crippen LogP contribution in [-0.2, 0) is 9.57 Å². The van der Waals surface area contributed by atoms with E-state index in [1.54, 1.807) is 20.8 Å². The van der Waals surface area contributed by atoms with Gasteiger partial charge in [0.15, 0.2) is 0 Å². The van der Waals surface area contributed by atoms with E-state index in [4.69, 9.17) is 14.7 Å². The molecule has 0 aliphatic heterocycles. The van der Waals surface area contributed by atoms with Crippen molar-refractivity contribution in [2.24, 2.45) is 5.92 Å². The van der Waals surface area contributed by atoms with Crippen molar-refractivity contribution >= 4 is 6.09 Å². The van der Waals surface area contributed by atoms with Crippen molar-refractivity contribution in [3.63, 3.8) is 0 Å². The van der Waals surface area contributed by atoms with Gasteiger partial charge in [0.1, 0.15) is 11.7 Å². The molecule has 0 spiro atoms. The molecule has 15 heavy (non-hydrogen) atoms. The number of rotatable bonds is 4. The van der Waals surface area contributed by atoms with Gasteiger partial charge in [-0.15, -0.1) is 0 Å². The zero-order chi connectivity index (χ0) is 12.1. The van der Waals surface area contributed by atoms with Gasteiger partial charge in [-0.1, -0.05) is 13.8 Å². The second kappa shape index (κ2) is 5.92. The third-order valence-corrected chi connectivity index (χ3v) is 1.62. The Kier molecular flexibility index (Phi) is 5.60. The largest absolute Gasteiger partial charge is 0.442 e. The van der Waals surface area contributed by atoms with Crippen LogP contribution in [0.25, 0.3) is 0 Å². The Labute approximate surface area is 90.7 Å². The summed E-state index contributed by atoms with van der Waals surface area (Å²) in [7, 11) is 0. The molecule has 0 radical (unpaired) electrons. The first-order valence-corrected chi connectivity index (χ1v) is 5.01. The minimum atomic E-state index is -0.651. The maximum absolute atomic E-state index is 11.2. The Morgan fingerprint density at radius 1 is 1.40 bits per heavy atom. The monoisotopic (exact) mass is 219 g/mol. The van der Waals surface area contributed by atoms with Crippen LogP contribution in [0, 0.1) is 5.92 Å². The Balaban J connectivity index is 3.89. The summed E-state index contributed by atoms with van der Waals surface area (Å²) in [5.41, 5.74) is 1.59. The van der Waals surface area contributed by atoms with E-state index in [1.807, 2.05) is 13.8 Å². The number of aliphatic hydroxyl groups is 1. The highest BCUT2D eigenvalue weighted by atomic mass is 16.7. The van der Waals surface area contributed by atoms with E-state index in [-0.39, 0.29) is 12.5 Å². The Bertz CT molecular complexity index is 198. The number of carbonyl (C=O) groups excluding carboxylic acids is 1. The second-order valence-corrected chi connectivity index (χ2v) is 4.69. The molecule has 0 unspecified atom stereocenters. The highest BCUT2D eigenvalue weighted by Gasteiger charge is 2.19. The molecule has 0 saturated heterocycles. The maximum atomic E-state index is 11.2. The quantitative estimate of drug-likeness (QED) is 0.702. The van der Waals surface area contributed by atoms with Crippen molar-refractivity contribution < 1.29 is 19.5 Å². The molecule has 0 aromatic heterocycles. The molecular formula is C10H21NO4. The molecule has 0 aromatic rings. The van der Waals surface area contributed by atoms with Gasteiger partial charge < -0.3 is 9.84 Å². The lowest BCUT2D eigenvalue weighted by Gasteiger charge is -2.22. The van der Waals surface area contributed by atoms with Gasteiger partial charge in [0.2, 0.25) is 0 Å². The van der Waals surface area contributed by atoms with Gasteiger partial charge in [0.05, 0.1) is 6.61 Å². The molecule has 0 aliphatic rings. The number of nitrogens with one attached hydrogen (secondary N) is 1. The first-order chi connectivity index (χ1) is 6.76. The van der Waals surface area contributed by atoms with Crippen molar-refractivity contribution in [3.8, 4) is 0 Å². The lowest BCUT2D eigenvalue weighted by molar-refractivity contribution is -0.0762. The van der Waals surface area contributed by atoms with Crippen LogP contribution in [0.4, 0.5) is 4.79 Å². The second-order valence-electron chi connectivity index (χ2n) is 4.69. The van der Waals surface area contributed by atoms with Crippen molar-refractivity contribution in [1.29, 1.82) is 0 Å². The van der Waals surface area contributed by atoms with Crippen LogP contribution in [0.3, 0.4) is 0 Å². The zero-order valence-corrected chi connectivity index (χ0v) is 10.0. The van der Waals surface area contributed by atoms with Gasteiger partial charge in [-0.25, -0.2) is 4.79 Å². The van der Waals surface area contributed by atoms with E-state index in [0.717, 1.165) is 0 Å². The molecule has 0 heterocycles. The molecule has 0 bridgehead atoms. The van der Waals surface area contributed by atoms with Gasteiger partial charge >= 0.3 is 6.09 Å². The van der Waals surface area contributed by atoms with E-state index >= 15 is 0 Å². The topological polar surface area (TPSA) is 67.8 Å². The minimum Gasteiger partial charge on any atom is -0.442 e. The number of hydrogen-bond donors (Lipinski definition) is 2. The lowest BCUT2D eigenvalue weighted by atomic mass is 10.1. The third-order valence-electron chi connectivity index (χ3n) is 1.62. The molecule has 0 saturated carbocycles. The summed E-state index contributed by atoms with van der Waals surface area (Å²) in [6, 6.07) is 0. The first kappa shape index (κ1) is 14.2. The summed E-state index contributed by atoms with van der Waals surface area (Å²) < 4.78 is 4.96. The number of hydroxylamine groups is 1. The van der Waals surface area contributed by atoms with Crippen LogP contribution < -0.4 is 5.48 Å². The van der Waals surface area contributed by atoms with Crippen LogP contribution in [0.2, 0.25) is 0 Å². The Morgan fingerprint density at radius 3 is 2.27 bits per heavy atom. The highest BCUT2D eigenvalue weighted by Crippen LogP contribution is 2.08. The molecule has 5 heteroatoms. The minimum absolute atomic E-state index is 0.116. The summed E-state index contributed by atoms with van der Waals surface area (Å²) in [4.78, 5) is 16.1.